The number of hydrogen-bond acceptors (Lipinski definition) is 4. The van der Waals surface area contributed by atoms with Gasteiger partial charge >= 0.3 is 24.8 Å². The Balaban J connectivity index is 0.00000400. The van der Waals surface area contributed by atoms with Crippen LogP contribution >= 0.6 is 11.8 Å². The SMILES string of the molecule is CSCCC(NC(=O)c1ccc(COCc2ccc3ccccc3c2)cc1-c1ccccc1C)C(=O)O.[LiH]. The third-order valence-corrected chi connectivity index (χ3v) is 6.97. The summed E-state index contributed by atoms with van der Waals surface area (Å²) in [6, 6.07) is 27.1. The molecule has 4 rings (SSSR count). The Labute approximate surface area is 240 Å². The minimum atomic E-state index is -1.03. The van der Waals surface area contributed by atoms with Gasteiger partial charge in [0.05, 0.1) is 13.2 Å². The molecular weight excluding hydrogens is 489 g/mol. The molecular formula is C31H32LiNO4S. The van der Waals surface area contributed by atoms with Gasteiger partial charge < -0.3 is 15.2 Å². The van der Waals surface area contributed by atoms with E-state index < -0.39 is 17.9 Å². The van der Waals surface area contributed by atoms with Crippen LogP contribution < -0.4 is 5.32 Å². The number of fused-ring (bicyclic) bond motifs is 1. The Morgan fingerprint density at radius 2 is 1.53 bits per heavy atom. The zero-order chi connectivity index (χ0) is 26.2. The summed E-state index contributed by atoms with van der Waals surface area (Å²) in [7, 11) is 0. The fourth-order valence-corrected chi connectivity index (χ4v) is 4.79. The first kappa shape index (κ1) is 29.5. The molecule has 0 aliphatic heterocycles. The number of aryl methyl sites for hydroxylation is 1. The summed E-state index contributed by atoms with van der Waals surface area (Å²) < 4.78 is 6.04. The van der Waals surface area contributed by atoms with Crippen LogP contribution in [-0.2, 0) is 22.7 Å². The van der Waals surface area contributed by atoms with Crippen LogP contribution in [0.1, 0.15) is 33.5 Å². The molecule has 4 aromatic rings. The first-order valence-corrected chi connectivity index (χ1v) is 13.6. The molecule has 1 atom stereocenters. The van der Waals surface area contributed by atoms with Gasteiger partial charge in [-0.25, -0.2) is 4.79 Å². The third-order valence-electron chi connectivity index (χ3n) is 6.33. The minimum absolute atomic E-state index is 0. The number of aliphatic carboxylic acids is 1. The van der Waals surface area contributed by atoms with Crippen LogP contribution in [0.25, 0.3) is 21.9 Å². The molecule has 0 spiro atoms. The Bertz CT molecular complexity index is 1410. The van der Waals surface area contributed by atoms with Crippen molar-refractivity contribution in [3.8, 4) is 11.1 Å². The number of carboxylic acid groups (broad SMARTS) is 1. The summed E-state index contributed by atoms with van der Waals surface area (Å²) >= 11 is 1.55. The van der Waals surface area contributed by atoms with Crippen molar-refractivity contribution in [2.45, 2.75) is 32.6 Å². The molecule has 192 valence electrons. The monoisotopic (exact) mass is 521 g/mol. The number of thioether (sulfide) groups is 1. The van der Waals surface area contributed by atoms with Gasteiger partial charge in [0, 0.05) is 5.56 Å². The van der Waals surface area contributed by atoms with Crippen molar-refractivity contribution in [2.75, 3.05) is 12.0 Å². The molecule has 0 fully saturated rings. The Morgan fingerprint density at radius 1 is 0.868 bits per heavy atom. The van der Waals surface area contributed by atoms with Crippen molar-refractivity contribution in [1.82, 2.24) is 5.32 Å². The molecule has 0 aromatic heterocycles. The fraction of sp³-hybridized carbons (Fsp3) is 0.226. The van der Waals surface area contributed by atoms with Crippen LogP contribution in [0, 0.1) is 6.92 Å². The van der Waals surface area contributed by atoms with Gasteiger partial charge in [-0.2, -0.15) is 11.8 Å². The maximum absolute atomic E-state index is 13.2. The standard InChI is InChI=1S/C31H31NO4S.Li.H/c1-21-7-3-6-10-26(21)28-18-23(12-14-27(28)30(33)32-29(31(34)35)15-16-37-2)20-36-19-22-11-13-24-8-4-5-9-25(24)17-22;;/h3-14,17-18,29H,15-16,19-20H2,1-2H3,(H,32,33)(H,34,35);;. The van der Waals surface area contributed by atoms with E-state index in [9.17, 15) is 14.7 Å². The number of carboxylic acids is 1. The van der Waals surface area contributed by atoms with Crippen molar-refractivity contribution < 1.29 is 19.4 Å². The molecule has 0 saturated heterocycles. The maximum atomic E-state index is 13.2. The van der Waals surface area contributed by atoms with E-state index >= 15 is 0 Å². The van der Waals surface area contributed by atoms with Crippen LogP contribution in [0.3, 0.4) is 0 Å². The summed E-state index contributed by atoms with van der Waals surface area (Å²) in [5.41, 5.74) is 5.20. The van der Waals surface area contributed by atoms with E-state index in [0.717, 1.165) is 27.8 Å². The Kier molecular flexibility index (Phi) is 11.1. The molecule has 0 aliphatic rings. The molecule has 1 unspecified atom stereocenters. The summed E-state index contributed by atoms with van der Waals surface area (Å²) in [5.74, 6) is -0.774. The van der Waals surface area contributed by atoms with Crippen LogP contribution in [-0.4, -0.2) is 53.9 Å². The van der Waals surface area contributed by atoms with E-state index in [1.165, 1.54) is 10.8 Å². The quantitative estimate of drug-likeness (QED) is 0.243. The van der Waals surface area contributed by atoms with Crippen LogP contribution in [0.2, 0.25) is 0 Å². The second-order valence-electron chi connectivity index (χ2n) is 9.01. The van der Waals surface area contributed by atoms with Gasteiger partial charge in [-0.1, -0.05) is 66.7 Å². The van der Waals surface area contributed by atoms with Gasteiger partial charge in [0.2, 0.25) is 0 Å². The summed E-state index contributed by atoms with van der Waals surface area (Å²) in [5, 5.41) is 14.7. The number of amides is 1. The summed E-state index contributed by atoms with van der Waals surface area (Å²) in [4.78, 5) is 24.9. The van der Waals surface area contributed by atoms with Gasteiger partial charge in [0.25, 0.3) is 5.91 Å². The molecule has 0 bridgehead atoms. The van der Waals surface area contributed by atoms with E-state index in [-0.39, 0.29) is 18.9 Å². The van der Waals surface area contributed by atoms with Gasteiger partial charge in [0.1, 0.15) is 6.04 Å². The van der Waals surface area contributed by atoms with Crippen molar-refractivity contribution in [1.29, 1.82) is 0 Å². The zero-order valence-corrected chi connectivity index (χ0v) is 21.9. The normalized spacial score (nSPS) is 11.5. The molecule has 0 radical (unpaired) electrons. The molecule has 5 nitrogen and oxygen atoms in total. The van der Waals surface area contributed by atoms with E-state index in [1.807, 2.05) is 61.7 Å². The number of carbonyl (C=O) groups excluding carboxylic acids is 1. The average molecular weight is 522 g/mol. The van der Waals surface area contributed by atoms with Crippen molar-refractivity contribution in [2.24, 2.45) is 0 Å². The van der Waals surface area contributed by atoms with Crippen LogP contribution in [0.15, 0.2) is 84.9 Å². The fourth-order valence-electron chi connectivity index (χ4n) is 4.32. The number of carbonyl (C=O) groups is 2. The predicted octanol–water partition coefficient (Wildman–Crippen LogP) is 5.82. The number of rotatable bonds is 11. The number of benzene rings is 4. The average Bonchev–Trinajstić information content (AvgIpc) is 2.91. The number of hydrogen-bond donors (Lipinski definition) is 2. The van der Waals surface area contributed by atoms with E-state index in [1.54, 1.807) is 17.8 Å². The number of ether oxygens (including phenoxy) is 1. The van der Waals surface area contributed by atoms with Gasteiger partial charge in [-0.3, -0.25) is 4.79 Å². The molecule has 7 heteroatoms. The first-order chi connectivity index (χ1) is 18.0. The molecule has 0 aliphatic carbocycles. The molecule has 0 saturated carbocycles. The summed E-state index contributed by atoms with van der Waals surface area (Å²) in [6.45, 7) is 2.86. The van der Waals surface area contributed by atoms with Gasteiger partial charge in [-0.05, 0) is 82.1 Å². The van der Waals surface area contributed by atoms with Gasteiger partial charge in [-0.15, -0.1) is 0 Å². The van der Waals surface area contributed by atoms with Crippen molar-refractivity contribution >= 4 is 53.3 Å². The van der Waals surface area contributed by atoms with Gasteiger partial charge in [0.15, 0.2) is 0 Å². The van der Waals surface area contributed by atoms with Crippen molar-refractivity contribution in [3.05, 3.63) is 107 Å². The zero-order valence-electron chi connectivity index (χ0n) is 21.1. The Morgan fingerprint density at radius 3 is 2.24 bits per heavy atom. The second-order valence-corrected chi connectivity index (χ2v) is 10.0. The molecule has 38 heavy (non-hydrogen) atoms. The second kappa shape index (κ2) is 14.2. The topological polar surface area (TPSA) is 75.6 Å². The van der Waals surface area contributed by atoms with E-state index in [0.29, 0.717) is 31.0 Å². The Hall–Kier alpha value is -3.01. The third kappa shape index (κ3) is 7.52. The number of nitrogens with one attached hydrogen (secondary N) is 1. The summed E-state index contributed by atoms with van der Waals surface area (Å²) in [6.07, 6.45) is 2.28. The van der Waals surface area contributed by atoms with Crippen LogP contribution in [0.5, 0.6) is 0 Å². The molecule has 0 heterocycles. The molecule has 2 N–H and O–H groups in total. The predicted molar refractivity (Wildman–Crippen MR) is 158 cm³/mol. The van der Waals surface area contributed by atoms with E-state index in [2.05, 4.69) is 35.6 Å². The van der Waals surface area contributed by atoms with Crippen molar-refractivity contribution in [3.63, 3.8) is 0 Å². The molecule has 4 aromatic carbocycles. The molecule has 1 amide bonds. The van der Waals surface area contributed by atoms with Crippen LogP contribution in [0.4, 0.5) is 0 Å². The first-order valence-electron chi connectivity index (χ1n) is 12.2. The van der Waals surface area contributed by atoms with E-state index in [4.69, 9.17) is 4.74 Å².